The molecule has 0 aliphatic carbocycles. The summed E-state index contributed by atoms with van der Waals surface area (Å²) in [5.41, 5.74) is 1.06. The van der Waals surface area contributed by atoms with Gasteiger partial charge in [-0.05, 0) is 45.7 Å². The van der Waals surface area contributed by atoms with Crippen molar-refractivity contribution in [3.8, 4) is 0 Å². The fraction of sp³-hybridized carbons (Fsp3) is 0.800. The third kappa shape index (κ3) is 7.39. The molecule has 0 aromatic carbocycles. The average Bonchev–Trinajstić information content (AvgIpc) is 3.13. The Morgan fingerprint density at radius 2 is 2.11 bits per heavy atom. The van der Waals surface area contributed by atoms with Crippen molar-refractivity contribution in [2.75, 3.05) is 46.9 Å². The number of hydrogen-bond donors (Lipinski definition) is 1. The molecule has 2 rings (SSSR count). The maximum atomic E-state index is 5.36. The van der Waals surface area contributed by atoms with Crippen molar-refractivity contribution in [3.63, 3.8) is 0 Å². The second-order valence-corrected chi connectivity index (χ2v) is 8.46. The second-order valence-electron chi connectivity index (χ2n) is 7.57. The van der Waals surface area contributed by atoms with Crippen LogP contribution in [0.1, 0.15) is 56.8 Å². The number of piperidine rings is 1. The number of aromatic nitrogens is 1. The number of methoxy groups -OCH3 is 1. The Morgan fingerprint density at radius 1 is 1.37 bits per heavy atom. The van der Waals surface area contributed by atoms with E-state index in [-0.39, 0.29) is 6.10 Å². The van der Waals surface area contributed by atoms with Crippen LogP contribution in [0.5, 0.6) is 0 Å². The molecule has 1 aromatic rings. The lowest BCUT2D eigenvalue weighted by molar-refractivity contribution is 0.119. The van der Waals surface area contributed by atoms with E-state index in [2.05, 4.69) is 41.4 Å². The molecular formula is C20H37N5OS. The molecule has 0 spiro atoms. The van der Waals surface area contributed by atoms with Crippen LogP contribution in [-0.4, -0.2) is 67.6 Å². The first-order chi connectivity index (χ1) is 13.0. The summed E-state index contributed by atoms with van der Waals surface area (Å²) in [7, 11) is 3.80. The lowest BCUT2D eigenvalue weighted by atomic mass is 10.1. The van der Waals surface area contributed by atoms with Crippen molar-refractivity contribution in [3.05, 3.63) is 16.1 Å². The summed E-state index contributed by atoms with van der Waals surface area (Å²) in [6, 6.07) is 0. The van der Waals surface area contributed by atoms with Crippen LogP contribution in [0.2, 0.25) is 0 Å². The summed E-state index contributed by atoms with van der Waals surface area (Å²) in [5.74, 6) is 1.52. The maximum absolute atomic E-state index is 5.36. The fourth-order valence-corrected chi connectivity index (χ4v) is 4.19. The molecule has 7 heteroatoms. The lowest BCUT2D eigenvalue weighted by Gasteiger charge is -2.29. The average molecular weight is 396 g/mol. The molecule has 1 N–H and O–H groups in total. The predicted octanol–water partition coefficient (Wildman–Crippen LogP) is 3.37. The molecule has 1 saturated heterocycles. The highest BCUT2D eigenvalue weighted by atomic mass is 32.1. The number of aliphatic imine (C=N–C) groups is 1. The van der Waals surface area contributed by atoms with E-state index in [0.29, 0.717) is 5.92 Å². The van der Waals surface area contributed by atoms with Gasteiger partial charge in [-0.15, -0.1) is 11.3 Å². The molecule has 0 saturated carbocycles. The summed E-state index contributed by atoms with van der Waals surface area (Å²) in [6.45, 7) is 12.6. The minimum Gasteiger partial charge on any atom is -0.375 e. The van der Waals surface area contributed by atoms with E-state index in [1.807, 2.05) is 6.92 Å². The highest BCUT2D eigenvalue weighted by Crippen LogP contribution is 2.21. The zero-order valence-corrected chi connectivity index (χ0v) is 18.5. The first kappa shape index (κ1) is 22.1. The Bertz CT molecular complexity index is 570. The molecule has 0 radical (unpaired) electrons. The van der Waals surface area contributed by atoms with Crippen LogP contribution < -0.4 is 5.32 Å². The summed E-state index contributed by atoms with van der Waals surface area (Å²) in [6.07, 6.45) is 4.13. The number of likely N-dealkylation sites (tertiary alicyclic amines) is 1. The van der Waals surface area contributed by atoms with Crippen molar-refractivity contribution in [1.29, 1.82) is 0 Å². The number of ether oxygens (including phenoxy) is 1. The number of guanidine groups is 1. The van der Waals surface area contributed by atoms with Crippen molar-refractivity contribution in [2.24, 2.45) is 10.9 Å². The van der Waals surface area contributed by atoms with Gasteiger partial charge in [0.05, 0.1) is 12.2 Å². The van der Waals surface area contributed by atoms with Crippen LogP contribution in [0.25, 0.3) is 0 Å². The molecule has 154 valence electrons. The summed E-state index contributed by atoms with van der Waals surface area (Å²) >= 11 is 1.66. The molecule has 1 aliphatic rings. The van der Waals surface area contributed by atoms with E-state index in [4.69, 9.17) is 14.7 Å². The molecule has 2 atom stereocenters. The van der Waals surface area contributed by atoms with Gasteiger partial charge in [0.25, 0.3) is 0 Å². The normalized spacial score (nSPS) is 18.3. The van der Waals surface area contributed by atoms with Gasteiger partial charge < -0.3 is 19.9 Å². The molecule has 1 aromatic heterocycles. The largest absolute Gasteiger partial charge is 0.375 e. The van der Waals surface area contributed by atoms with Crippen molar-refractivity contribution >= 4 is 17.3 Å². The Balaban J connectivity index is 1.89. The van der Waals surface area contributed by atoms with Gasteiger partial charge in [0.2, 0.25) is 0 Å². The van der Waals surface area contributed by atoms with Crippen LogP contribution >= 0.6 is 11.3 Å². The van der Waals surface area contributed by atoms with Gasteiger partial charge in [0.1, 0.15) is 11.1 Å². The summed E-state index contributed by atoms with van der Waals surface area (Å²) < 4.78 is 5.36. The predicted molar refractivity (Wildman–Crippen MR) is 114 cm³/mol. The molecule has 0 amide bonds. The Morgan fingerprint density at radius 3 is 2.78 bits per heavy atom. The highest BCUT2D eigenvalue weighted by Gasteiger charge is 2.15. The van der Waals surface area contributed by atoms with Gasteiger partial charge in [-0.3, -0.25) is 4.99 Å². The first-order valence-electron chi connectivity index (χ1n) is 10.2. The third-order valence-electron chi connectivity index (χ3n) is 4.94. The van der Waals surface area contributed by atoms with Gasteiger partial charge in [0, 0.05) is 39.2 Å². The summed E-state index contributed by atoms with van der Waals surface area (Å²) in [5, 5.41) is 6.56. The minimum absolute atomic E-state index is 0.0478. The van der Waals surface area contributed by atoms with Gasteiger partial charge in [-0.2, -0.15) is 0 Å². The Hall–Kier alpha value is -1.18. The number of nitrogens with one attached hydrogen (secondary N) is 1. The standard InChI is InChI=1S/C20H37N5OS/c1-6-21-20(22-12-16(2)13-25-10-8-7-9-11-25)24(4)14-18-15-27-19(23-18)17(3)26-5/h15-17H,6-14H2,1-5H3,(H,21,22). The molecular weight excluding hydrogens is 358 g/mol. The quantitative estimate of drug-likeness (QED) is 0.513. The van der Waals surface area contributed by atoms with Gasteiger partial charge >= 0.3 is 0 Å². The van der Waals surface area contributed by atoms with Crippen molar-refractivity contribution in [1.82, 2.24) is 20.1 Å². The Kier molecular flexibility index (Phi) is 9.51. The topological polar surface area (TPSA) is 53.0 Å². The fourth-order valence-electron chi connectivity index (χ4n) is 3.35. The van der Waals surface area contributed by atoms with Gasteiger partial charge in [0.15, 0.2) is 5.96 Å². The number of thiazole rings is 1. The Labute approximate surface area is 169 Å². The van der Waals surface area contributed by atoms with Crippen LogP contribution in [-0.2, 0) is 11.3 Å². The van der Waals surface area contributed by atoms with E-state index in [0.717, 1.165) is 42.8 Å². The zero-order chi connectivity index (χ0) is 19.6. The molecule has 6 nitrogen and oxygen atoms in total. The lowest BCUT2D eigenvalue weighted by Crippen LogP contribution is -2.39. The molecule has 1 fully saturated rings. The molecule has 0 bridgehead atoms. The molecule has 2 heterocycles. The monoisotopic (exact) mass is 395 g/mol. The van der Waals surface area contributed by atoms with Crippen molar-refractivity contribution < 1.29 is 4.74 Å². The van der Waals surface area contributed by atoms with Gasteiger partial charge in [-0.1, -0.05) is 13.3 Å². The van der Waals surface area contributed by atoms with E-state index in [1.54, 1.807) is 18.4 Å². The maximum Gasteiger partial charge on any atom is 0.194 e. The minimum atomic E-state index is 0.0478. The molecule has 27 heavy (non-hydrogen) atoms. The van der Waals surface area contributed by atoms with Gasteiger partial charge in [-0.25, -0.2) is 4.98 Å². The second kappa shape index (κ2) is 11.6. The third-order valence-corrected chi connectivity index (χ3v) is 5.99. The number of hydrogen-bond acceptors (Lipinski definition) is 5. The van der Waals surface area contributed by atoms with Crippen LogP contribution in [0.15, 0.2) is 10.4 Å². The van der Waals surface area contributed by atoms with Crippen LogP contribution in [0.3, 0.4) is 0 Å². The zero-order valence-electron chi connectivity index (χ0n) is 17.7. The van der Waals surface area contributed by atoms with E-state index >= 15 is 0 Å². The smallest absolute Gasteiger partial charge is 0.194 e. The van der Waals surface area contributed by atoms with E-state index in [1.165, 1.54) is 32.4 Å². The highest BCUT2D eigenvalue weighted by molar-refractivity contribution is 7.09. The SMILES string of the molecule is CCNC(=NCC(C)CN1CCCCC1)N(C)Cc1csc(C(C)OC)n1. The molecule has 2 unspecified atom stereocenters. The first-order valence-corrected chi connectivity index (χ1v) is 11.1. The molecule has 1 aliphatic heterocycles. The summed E-state index contributed by atoms with van der Waals surface area (Å²) in [4.78, 5) is 14.3. The number of nitrogens with zero attached hydrogens (tertiary/aromatic N) is 4. The van der Waals surface area contributed by atoms with Crippen LogP contribution in [0.4, 0.5) is 0 Å². The van der Waals surface area contributed by atoms with Crippen LogP contribution in [0, 0.1) is 5.92 Å². The number of rotatable bonds is 9. The van der Waals surface area contributed by atoms with E-state index in [9.17, 15) is 0 Å². The van der Waals surface area contributed by atoms with E-state index < -0.39 is 0 Å². The van der Waals surface area contributed by atoms with Crippen molar-refractivity contribution in [2.45, 2.75) is 52.7 Å².